The van der Waals surface area contributed by atoms with Gasteiger partial charge >= 0.3 is 6.09 Å². The molecule has 0 radical (unpaired) electrons. The summed E-state index contributed by atoms with van der Waals surface area (Å²) in [5.41, 5.74) is 0.226. The van der Waals surface area contributed by atoms with Gasteiger partial charge in [-0.15, -0.1) is 16.7 Å². The molecule has 0 aromatic heterocycles. The highest BCUT2D eigenvalue weighted by molar-refractivity contribution is 6.21. The molecule has 1 aliphatic carbocycles. The van der Waals surface area contributed by atoms with E-state index >= 15 is 0 Å². The Morgan fingerprint density at radius 1 is 1.56 bits per heavy atom. The maximum Gasteiger partial charge on any atom is 0.452 e. The van der Waals surface area contributed by atoms with Crippen molar-refractivity contribution in [3.8, 4) is 0 Å². The minimum Gasteiger partial charge on any atom is -0.441 e. The Balaban J connectivity index is 2.50. The van der Waals surface area contributed by atoms with Gasteiger partial charge in [0.05, 0.1) is 11.1 Å². The van der Waals surface area contributed by atoms with Crippen molar-refractivity contribution in [2.45, 2.75) is 51.0 Å². The van der Waals surface area contributed by atoms with Crippen molar-refractivity contribution >= 4 is 17.7 Å². The Labute approximate surface area is 101 Å². The number of alkyl halides is 1. The molecule has 1 unspecified atom stereocenters. The summed E-state index contributed by atoms with van der Waals surface area (Å²) < 4.78 is 5.00. The molecule has 0 spiro atoms. The predicted molar refractivity (Wildman–Crippen MR) is 62.7 cm³/mol. The first-order chi connectivity index (χ1) is 7.37. The number of nitrogens with zero attached hydrogens (tertiary/aromatic N) is 2. The van der Waals surface area contributed by atoms with Crippen LogP contribution < -0.4 is 0 Å². The van der Waals surface area contributed by atoms with Crippen LogP contribution in [0.1, 0.15) is 40.0 Å². The summed E-state index contributed by atoms with van der Waals surface area (Å²) in [6, 6.07) is 0. The fraction of sp³-hybridized carbons (Fsp3) is 0.727. The average molecular weight is 245 g/mol. The third-order valence-electron chi connectivity index (χ3n) is 1.94. The van der Waals surface area contributed by atoms with Gasteiger partial charge in [0, 0.05) is 0 Å². The molecule has 0 heterocycles. The van der Waals surface area contributed by atoms with E-state index in [1.165, 1.54) is 0 Å². The number of carbonyl (C=O) groups excluding carboxylic acids is 1. The highest BCUT2D eigenvalue weighted by Crippen LogP contribution is 2.22. The second-order valence-electron chi connectivity index (χ2n) is 4.75. The molecule has 4 nitrogen and oxygen atoms in total. The second kappa shape index (κ2) is 5.43. The van der Waals surface area contributed by atoms with Gasteiger partial charge in [-0.3, -0.25) is 0 Å². The minimum absolute atomic E-state index is 0.00124. The zero-order chi connectivity index (χ0) is 12.2. The standard InChI is InChI=1S/C11H17ClN2O2/c1-11(2,3)16-10(15)14-13-9-6-4-5-8(12)7-9/h7-8H,4-6H2,1-3H3. The molecule has 0 fully saturated rings. The van der Waals surface area contributed by atoms with Crippen LogP contribution in [-0.2, 0) is 4.74 Å². The molecule has 90 valence electrons. The van der Waals surface area contributed by atoms with Crippen molar-refractivity contribution in [3.05, 3.63) is 11.8 Å². The lowest BCUT2D eigenvalue weighted by Gasteiger charge is -2.17. The zero-order valence-electron chi connectivity index (χ0n) is 9.86. The number of halogens is 1. The maximum atomic E-state index is 11.2. The highest BCUT2D eigenvalue weighted by atomic mass is 35.5. The topological polar surface area (TPSA) is 51.0 Å². The molecule has 16 heavy (non-hydrogen) atoms. The van der Waals surface area contributed by atoms with Gasteiger partial charge in [0.2, 0.25) is 0 Å². The molecule has 0 aromatic rings. The van der Waals surface area contributed by atoms with Crippen LogP contribution in [0.15, 0.2) is 22.0 Å². The number of carbonyl (C=O) groups is 1. The molecule has 0 saturated carbocycles. The molecule has 1 atom stereocenters. The van der Waals surface area contributed by atoms with Crippen molar-refractivity contribution in [2.24, 2.45) is 10.2 Å². The van der Waals surface area contributed by atoms with E-state index in [-0.39, 0.29) is 5.38 Å². The molecule has 0 bridgehead atoms. The lowest BCUT2D eigenvalue weighted by molar-refractivity contribution is 0.0591. The van der Waals surface area contributed by atoms with E-state index in [1.807, 2.05) is 6.08 Å². The molecule has 1 amide bonds. The van der Waals surface area contributed by atoms with Crippen molar-refractivity contribution in [3.63, 3.8) is 0 Å². The summed E-state index contributed by atoms with van der Waals surface area (Å²) in [6.45, 7) is 5.36. The fourth-order valence-corrected chi connectivity index (χ4v) is 1.62. The molecule has 1 rings (SSSR count). The van der Waals surface area contributed by atoms with Gasteiger partial charge < -0.3 is 4.74 Å². The van der Waals surface area contributed by atoms with Crippen LogP contribution in [0.5, 0.6) is 0 Å². The number of allylic oxidation sites excluding steroid dienone is 2. The molecule has 0 aliphatic heterocycles. The summed E-state index contributed by atoms with van der Waals surface area (Å²) in [6.07, 6.45) is 3.92. The largest absolute Gasteiger partial charge is 0.452 e. The lowest BCUT2D eigenvalue weighted by Crippen LogP contribution is -2.21. The lowest BCUT2D eigenvalue weighted by atomic mass is 10.1. The summed E-state index contributed by atoms with van der Waals surface area (Å²) in [5, 5.41) is 7.35. The number of amides is 1. The van der Waals surface area contributed by atoms with Crippen LogP contribution in [0.25, 0.3) is 0 Å². The maximum absolute atomic E-state index is 11.2. The van der Waals surface area contributed by atoms with E-state index in [4.69, 9.17) is 16.3 Å². The Hall–Kier alpha value is -0.900. The van der Waals surface area contributed by atoms with Crippen molar-refractivity contribution in [1.29, 1.82) is 0 Å². The van der Waals surface area contributed by atoms with Crippen LogP contribution >= 0.6 is 11.6 Å². The van der Waals surface area contributed by atoms with Crippen LogP contribution in [0, 0.1) is 0 Å². The Morgan fingerprint density at radius 3 is 2.81 bits per heavy atom. The molecule has 1 aliphatic rings. The quantitative estimate of drug-likeness (QED) is 0.516. The molecular formula is C11H17ClN2O2. The highest BCUT2D eigenvalue weighted by Gasteiger charge is 2.16. The average Bonchev–Trinajstić information content (AvgIpc) is 2.12. The molecular weight excluding hydrogens is 228 g/mol. The fourth-order valence-electron chi connectivity index (χ4n) is 1.32. The van der Waals surface area contributed by atoms with Crippen LogP contribution in [0.4, 0.5) is 4.79 Å². The Bertz CT molecular complexity index is 318. The van der Waals surface area contributed by atoms with E-state index in [0.29, 0.717) is 0 Å². The van der Waals surface area contributed by atoms with Gasteiger partial charge in [0.15, 0.2) is 0 Å². The predicted octanol–water partition coefficient (Wildman–Crippen LogP) is 4.05. The number of ether oxygens (including phenoxy) is 1. The van der Waals surface area contributed by atoms with Gasteiger partial charge in [-0.2, -0.15) is 0 Å². The Kier molecular flexibility index (Phi) is 4.47. The second-order valence-corrected chi connectivity index (χ2v) is 5.31. The van der Waals surface area contributed by atoms with Gasteiger partial charge in [0.25, 0.3) is 0 Å². The normalized spacial score (nSPS) is 22.0. The summed E-state index contributed by atoms with van der Waals surface area (Å²) in [7, 11) is 0. The van der Waals surface area contributed by atoms with Gasteiger partial charge in [0.1, 0.15) is 5.60 Å². The SMILES string of the molecule is CC(C)(C)OC(=O)N=NC1=CC(Cl)CCC1. The molecule has 0 aromatic carbocycles. The molecule has 0 N–H and O–H groups in total. The van der Waals surface area contributed by atoms with E-state index in [2.05, 4.69) is 10.2 Å². The van der Waals surface area contributed by atoms with Crippen molar-refractivity contribution in [2.75, 3.05) is 0 Å². The first-order valence-corrected chi connectivity index (χ1v) is 5.80. The van der Waals surface area contributed by atoms with Gasteiger partial charge in [-0.05, 0) is 46.1 Å². The van der Waals surface area contributed by atoms with Crippen LogP contribution in [-0.4, -0.2) is 17.1 Å². The summed E-state index contributed by atoms with van der Waals surface area (Å²) in [4.78, 5) is 11.2. The van der Waals surface area contributed by atoms with Gasteiger partial charge in [-0.25, -0.2) is 4.79 Å². The Morgan fingerprint density at radius 2 is 2.25 bits per heavy atom. The first-order valence-electron chi connectivity index (χ1n) is 5.36. The first kappa shape index (κ1) is 13.2. The number of azo groups is 1. The van der Waals surface area contributed by atoms with Crippen LogP contribution in [0.2, 0.25) is 0 Å². The molecule has 5 heteroatoms. The zero-order valence-corrected chi connectivity index (χ0v) is 10.6. The number of hydrogen-bond acceptors (Lipinski definition) is 3. The van der Waals surface area contributed by atoms with Gasteiger partial charge in [-0.1, -0.05) is 5.11 Å². The van der Waals surface area contributed by atoms with Crippen molar-refractivity contribution < 1.29 is 9.53 Å². The van der Waals surface area contributed by atoms with E-state index in [9.17, 15) is 4.79 Å². The summed E-state index contributed by atoms with van der Waals surface area (Å²) in [5.74, 6) is 0. The van der Waals surface area contributed by atoms with Crippen molar-refractivity contribution in [1.82, 2.24) is 0 Å². The number of rotatable bonds is 1. The van der Waals surface area contributed by atoms with E-state index in [0.717, 1.165) is 25.0 Å². The minimum atomic E-state index is -0.662. The molecule has 0 saturated heterocycles. The monoisotopic (exact) mass is 244 g/mol. The number of hydrogen-bond donors (Lipinski definition) is 0. The third-order valence-corrected chi connectivity index (χ3v) is 2.28. The summed E-state index contributed by atoms with van der Waals surface area (Å²) >= 11 is 5.94. The van der Waals surface area contributed by atoms with E-state index in [1.54, 1.807) is 20.8 Å². The third kappa shape index (κ3) is 5.26. The van der Waals surface area contributed by atoms with E-state index < -0.39 is 11.7 Å². The smallest absolute Gasteiger partial charge is 0.441 e. The van der Waals surface area contributed by atoms with Crippen LogP contribution in [0.3, 0.4) is 0 Å².